The van der Waals surface area contributed by atoms with Gasteiger partial charge in [0.05, 0.1) is 6.04 Å². The van der Waals surface area contributed by atoms with E-state index in [4.69, 9.17) is 0 Å². The van der Waals surface area contributed by atoms with Crippen molar-refractivity contribution in [1.82, 2.24) is 20.4 Å². The molecule has 2 amide bonds. The number of rotatable bonds is 4. The van der Waals surface area contributed by atoms with E-state index in [9.17, 15) is 14.0 Å². The monoisotopic (exact) mass is 356 g/mol. The molecule has 1 aromatic heterocycles. The Hall–Kier alpha value is -2.70. The van der Waals surface area contributed by atoms with Gasteiger partial charge < -0.3 is 10.2 Å². The number of H-pyrrole nitrogens is 1. The number of fused-ring (bicyclic) bond motifs is 1. The van der Waals surface area contributed by atoms with Crippen molar-refractivity contribution in [3.63, 3.8) is 0 Å². The van der Waals surface area contributed by atoms with E-state index in [0.29, 0.717) is 18.8 Å². The summed E-state index contributed by atoms with van der Waals surface area (Å²) >= 11 is 0. The lowest BCUT2D eigenvalue weighted by molar-refractivity contribution is -0.128. The smallest absolute Gasteiger partial charge is 0.272 e. The first-order valence-corrected chi connectivity index (χ1v) is 8.99. The Balaban J connectivity index is 1.39. The molecule has 7 heteroatoms. The number of carbonyl (C=O) groups excluding carboxylic acids is 2. The van der Waals surface area contributed by atoms with Crippen molar-refractivity contribution in [2.45, 2.75) is 44.7 Å². The van der Waals surface area contributed by atoms with Crippen LogP contribution in [0.2, 0.25) is 0 Å². The zero-order valence-corrected chi connectivity index (χ0v) is 14.4. The molecule has 2 aliphatic rings. The number of hydrogen-bond donors (Lipinski definition) is 2. The van der Waals surface area contributed by atoms with Crippen LogP contribution in [0.1, 0.15) is 46.6 Å². The van der Waals surface area contributed by atoms with Gasteiger partial charge in [-0.15, -0.1) is 0 Å². The summed E-state index contributed by atoms with van der Waals surface area (Å²) in [6.45, 7) is 0.772. The Bertz CT molecular complexity index is 848. The van der Waals surface area contributed by atoms with E-state index in [2.05, 4.69) is 15.5 Å². The van der Waals surface area contributed by atoms with E-state index in [1.165, 1.54) is 12.1 Å². The molecule has 0 spiro atoms. The summed E-state index contributed by atoms with van der Waals surface area (Å²) in [6.07, 6.45) is 4.23. The van der Waals surface area contributed by atoms with Crippen LogP contribution in [0.3, 0.4) is 0 Å². The highest BCUT2D eigenvalue weighted by atomic mass is 19.1. The first-order chi connectivity index (χ1) is 12.6. The largest absolute Gasteiger partial charge is 0.346 e. The van der Waals surface area contributed by atoms with Crippen LogP contribution in [-0.2, 0) is 24.2 Å². The first kappa shape index (κ1) is 16.8. The highest BCUT2D eigenvalue weighted by Gasteiger charge is 2.32. The van der Waals surface area contributed by atoms with Crippen molar-refractivity contribution >= 4 is 11.8 Å². The topological polar surface area (TPSA) is 78.1 Å². The molecule has 2 N–H and O–H groups in total. The average Bonchev–Trinajstić information content (AvgIpc) is 3.19. The molecule has 4 rings (SSSR count). The molecule has 0 radical (unpaired) electrons. The van der Waals surface area contributed by atoms with Gasteiger partial charge in [0, 0.05) is 30.8 Å². The lowest BCUT2D eigenvalue weighted by Crippen LogP contribution is -2.37. The SMILES string of the molecule is O=C(N[C@@H]1CC(=O)N(Cc2cccc(F)c2)C1)c1n[nH]c2c1CCCC2. The molecule has 1 aromatic carbocycles. The predicted molar refractivity (Wildman–Crippen MR) is 92.9 cm³/mol. The maximum absolute atomic E-state index is 13.3. The number of nitrogens with one attached hydrogen (secondary N) is 2. The molecule has 0 unspecified atom stereocenters. The molecule has 1 fully saturated rings. The molecular formula is C19H21FN4O2. The van der Waals surface area contributed by atoms with Gasteiger partial charge in [-0.05, 0) is 43.4 Å². The van der Waals surface area contributed by atoms with E-state index >= 15 is 0 Å². The standard InChI is InChI=1S/C19H21FN4O2/c20-13-5-3-4-12(8-13)10-24-11-14(9-17(24)25)21-19(26)18-15-6-1-2-7-16(15)22-23-18/h3-5,8,14H,1-2,6-7,9-11H2,(H,21,26)(H,22,23)/t14-/m1/s1. The molecule has 2 heterocycles. The number of amides is 2. The molecule has 0 bridgehead atoms. The number of halogens is 1. The van der Waals surface area contributed by atoms with Gasteiger partial charge >= 0.3 is 0 Å². The molecule has 1 saturated heterocycles. The number of hydrogen-bond acceptors (Lipinski definition) is 3. The number of aromatic nitrogens is 2. The minimum absolute atomic E-state index is 0.0383. The van der Waals surface area contributed by atoms with Gasteiger partial charge in [0.15, 0.2) is 5.69 Å². The lowest BCUT2D eigenvalue weighted by atomic mass is 9.95. The molecule has 2 aromatic rings. The molecule has 136 valence electrons. The fourth-order valence-electron chi connectivity index (χ4n) is 3.80. The Morgan fingerprint density at radius 2 is 2.19 bits per heavy atom. The van der Waals surface area contributed by atoms with Crippen LogP contribution in [-0.4, -0.2) is 39.5 Å². The third-order valence-electron chi connectivity index (χ3n) is 5.08. The van der Waals surface area contributed by atoms with Gasteiger partial charge in [-0.25, -0.2) is 4.39 Å². The Morgan fingerprint density at radius 3 is 3.04 bits per heavy atom. The summed E-state index contributed by atoms with van der Waals surface area (Å²) in [6, 6.07) is 5.97. The Labute approximate surface area is 150 Å². The number of aryl methyl sites for hydroxylation is 1. The summed E-state index contributed by atoms with van der Waals surface area (Å²) in [5.41, 5.74) is 3.26. The van der Waals surface area contributed by atoms with Crippen molar-refractivity contribution in [2.75, 3.05) is 6.54 Å². The predicted octanol–water partition coefficient (Wildman–Crippen LogP) is 1.96. The van der Waals surface area contributed by atoms with Crippen LogP contribution in [0.5, 0.6) is 0 Å². The molecular weight excluding hydrogens is 335 g/mol. The zero-order chi connectivity index (χ0) is 18.1. The van der Waals surface area contributed by atoms with Gasteiger partial charge in [-0.1, -0.05) is 12.1 Å². The minimum Gasteiger partial charge on any atom is -0.346 e. The summed E-state index contributed by atoms with van der Waals surface area (Å²) in [4.78, 5) is 26.5. The van der Waals surface area contributed by atoms with Crippen molar-refractivity contribution in [3.05, 3.63) is 52.6 Å². The van der Waals surface area contributed by atoms with Gasteiger partial charge in [0.25, 0.3) is 5.91 Å². The highest BCUT2D eigenvalue weighted by molar-refractivity contribution is 5.95. The van der Waals surface area contributed by atoms with E-state index < -0.39 is 0 Å². The quantitative estimate of drug-likeness (QED) is 0.879. The number of nitrogens with zero attached hydrogens (tertiary/aromatic N) is 2. The van der Waals surface area contributed by atoms with Gasteiger partial charge in [-0.2, -0.15) is 5.10 Å². The van der Waals surface area contributed by atoms with Crippen molar-refractivity contribution in [3.8, 4) is 0 Å². The van der Waals surface area contributed by atoms with E-state index in [-0.39, 0.29) is 30.1 Å². The van der Waals surface area contributed by atoms with Crippen molar-refractivity contribution in [2.24, 2.45) is 0 Å². The third-order valence-corrected chi connectivity index (χ3v) is 5.08. The van der Waals surface area contributed by atoms with Crippen LogP contribution in [0.25, 0.3) is 0 Å². The summed E-state index contributed by atoms with van der Waals surface area (Å²) in [7, 11) is 0. The maximum Gasteiger partial charge on any atom is 0.272 e. The molecule has 0 saturated carbocycles. The summed E-state index contributed by atoms with van der Waals surface area (Å²) < 4.78 is 13.3. The van der Waals surface area contributed by atoms with Crippen molar-refractivity contribution < 1.29 is 14.0 Å². The lowest BCUT2D eigenvalue weighted by Gasteiger charge is -2.17. The van der Waals surface area contributed by atoms with E-state index in [0.717, 1.165) is 42.5 Å². The van der Waals surface area contributed by atoms with Crippen LogP contribution in [0.4, 0.5) is 4.39 Å². The molecule has 26 heavy (non-hydrogen) atoms. The highest BCUT2D eigenvalue weighted by Crippen LogP contribution is 2.23. The number of carbonyl (C=O) groups is 2. The maximum atomic E-state index is 13.3. The number of likely N-dealkylation sites (tertiary alicyclic amines) is 1. The normalized spacial score (nSPS) is 19.5. The molecule has 1 atom stereocenters. The van der Waals surface area contributed by atoms with E-state index in [1.807, 2.05) is 0 Å². The van der Waals surface area contributed by atoms with Crippen molar-refractivity contribution in [1.29, 1.82) is 0 Å². The molecule has 6 nitrogen and oxygen atoms in total. The fraction of sp³-hybridized carbons (Fsp3) is 0.421. The number of benzene rings is 1. The minimum atomic E-state index is -0.317. The Morgan fingerprint density at radius 1 is 1.35 bits per heavy atom. The molecule has 1 aliphatic heterocycles. The fourth-order valence-corrected chi connectivity index (χ4v) is 3.80. The van der Waals surface area contributed by atoms with Gasteiger partial charge in [0.1, 0.15) is 5.82 Å². The van der Waals surface area contributed by atoms with E-state index in [1.54, 1.807) is 17.0 Å². The average molecular weight is 356 g/mol. The van der Waals surface area contributed by atoms with Crippen LogP contribution >= 0.6 is 0 Å². The molecule has 1 aliphatic carbocycles. The van der Waals surface area contributed by atoms with Crippen LogP contribution in [0.15, 0.2) is 24.3 Å². The second-order valence-electron chi connectivity index (χ2n) is 7.02. The van der Waals surface area contributed by atoms with Crippen LogP contribution < -0.4 is 5.32 Å². The summed E-state index contributed by atoms with van der Waals surface area (Å²) in [5, 5.41) is 10.1. The van der Waals surface area contributed by atoms with Crippen LogP contribution in [0, 0.1) is 5.82 Å². The summed E-state index contributed by atoms with van der Waals surface area (Å²) in [5.74, 6) is -0.583. The second kappa shape index (κ2) is 6.90. The zero-order valence-electron chi connectivity index (χ0n) is 14.4. The van der Waals surface area contributed by atoms with Gasteiger partial charge in [-0.3, -0.25) is 14.7 Å². The first-order valence-electron chi connectivity index (χ1n) is 8.99. The Kier molecular flexibility index (Phi) is 4.44. The number of aromatic amines is 1. The second-order valence-corrected chi connectivity index (χ2v) is 7.02. The van der Waals surface area contributed by atoms with Gasteiger partial charge in [0.2, 0.25) is 5.91 Å². The third kappa shape index (κ3) is 3.34.